The van der Waals surface area contributed by atoms with E-state index in [2.05, 4.69) is 20.3 Å². The highest BCUT2D eigenvalue weighted by atomic mass is 32.2. The van der Waals surface area contributed by atoms with Crippen LogP contribution in [0.1, 0.15) is 19.2 Å². The maximum absolute atomic E-state index is 12.5. The summed E-state index contributed by atoms with van der Waals surface area (Å²) in [6, 6.07) is -0.860. The van der Waals surface area contributed by atoms with Crippen LogP contribution >= 0.6 is 11.8 Å². The van der Waals surface area contributed by atoms with E-state index in [0.717, 1.165) is 11.8 Å². The van der Waals surface area contributed by atoms with Crippen LogP contribution in [0.25, 0.3) is 0 Å². The zero-order chi connectivity index (χ0) is 17.7. The number of hydrogen-bond donors (Lipinski definition) is 2. The number of carbonyl (C=O) groups is 3. The van der Waals surface area contributed by atoms with Gasteiger partial charge in [-0.15, -0.1) is 10.2 Å². The van der Waals surface area contributed by atoms with Gasteiger partial charge in [-0.1, -0.05) is 18.7 Å². The maximum atomic E-state index is 12.5. The molecule has 0 bridgehead atoms. The Morgan fingerprint density at radius 2 is 2.21 bits per heavy atom. The second kappa shape index (κ2) is 7.99. The zero-order valence-corrected chi connectivity index (χ0v) is 14.3. The van der Waals surface area contributed by atoms with E-state index in [1.807, 2.05) is 6.92 Å². The fourth-order valence-corrected chi connectivity index (χ4v) is 3.07. The quantitative estimate of drug-likeness (QED) is 0.359. The van der Waals surface area contributed by atoms with Crippen LogP contribution in [0.15, 0.2) is 5.16 Å². The lowest BCUT2D eigenvalue weighted by Crippen LogP contribution is -2.58. The number of carbonyl (C=O) groups excluding carboxylic acids is 3. The van der Waals surface area contributed by atoms with Gasteiger partial charge in [-0.3, -0.25) is 14.4 Å². The molecule has 3 N–H and O–H groups in total. The number of nitrogens with zero attached hydrogens (tertiary/aromatic N) is 4. The normalized spacial score (nSPS) is 17.5. The van der Waals surface area contributed by atoms with Crippen molar-refractivity contribution < 1.29 is 19.1 Å². The van der Waals surface area contributed by atoms with E-state index in [4.69, 9.17) is 5.84 Å². The Hall–Kier alpha value is -2.30. The smallest absolute Gasteiger partial charge is 0.308 e. The molecule has 0 saturated carbocycles. The number of methoxy groups -OCH3 is 1. The lowest BCUT2D eigenvalue weighted by Gasteiger charge is -2.34. The highest BCUT2D eigenvalue weighted by Gasteiger charge is 2.35. The molecule has 0 radical (unpaired) electrons. The Morgan fingerprint density at radius 1 is 1.46 bits per heavy atom. The molecule has 2 rings (SSSR count). The minimum Gasteiger partial charge on any atom is -0.469 e. The highest BCUT2D eigenvalue weighted by Crippen LogP contribution is 2.18. The number of amides is 2. The summed E-state index contributed by atoms with van der Waals surface area (Å²) in [5, 5.41) is 10.9. The molecule has 0 aromatic carbocycles. The van der Waals surface area contributed by atoms with Crippen molar-refractivity contribution in [3.63, 3.8) is 0 Å². The molecule has 11 heteroatoms. The summed E-state index contributed by atoms with van der Waals surface area (Å²) in [5.41, 5.74) is 0. The summed E-state index contributed by atoms with van der Waals surface area (Å²) < 4.78 is 5.93. The first-order valence-corrected chi connectivity index (χ1v) is 8.42. The topological polar surface area (TPSA) is 132 Å². The van der Waals surface area contributed by atoms with E-state index in [9.17, 15) is 14.4 Å². The lowest BCUT2D eigenvalue weighted by molar-refractivity contribution is -0.149. The minimum atomic E-state index is -0.860. The molecule has 1 atom stereocenters. The Kier molecular flexibility index (Phi) is 6.01. The number of thioether (sulfide) groups is 1. The van der Waals surface area contributed by atoms with Crippen molar-refractivity contribution in [2.24, 2.45) is 0 Å². The van der Waals surface area contributed by atoms with Crippen molar-refractivity contribution in [1.82, 2.24) is 25.1 Å². The molecule has 1 aromatic heterocycles. The van der Waals surface area contributed by atoms with Gasteiger partial charge in [-0.2, -0.15) is 0 Å². The van der Waals surface area contributed by atoms with Crippen molar-refractivity contribution >= 4 is 29.5 Å². The highest BCUT2D eigenvalue weighted by molar-refractivity contribution is 7.99. The third-order valence-electron chi connectivity index (χ3n) is 3.61. The lowest BCUT2D eigenvalue weighted by atomic mass is 10.1. The molecule has 10 nitrogen and oxygen atoms in total. The van der Waals surface area contributed by atoms with E-state index in [0.29, 0.717) is 30.5 Å². The molecule has 132 valence electrons. The summed E-state index contributed by atoms with van der Waals surface area (Å²) in [7, 11) is 1.24. The van der Waals surface area contributed by atoms with E-state index in [1.54, 1.807) is 0 Å². The Bertz CT molecular complexity index is 634. The molecular weight excluding hydrogens is 336 g/mol. The summed E-state index contributed by atoms with van der Waals surface area (Å²) in [6.45, 7) is 2.58. The molecule has 1 fully saturated rings. The monoisotopic (exact) mass is 356 g/mol. The van der Waals surface area contributed by atoms with Crippen molar-refractivity contribution in [3.8, 4) is 0 Å². The Morgan fingerprint density at radius 3 is 2.83 bits per heavy atom. The predicted molar refractivity (Wildman–Crippen MR) is 85.4 cm³/mol. The van der Waals surface area contributed by atoms with Gasteiger partial charge < -0.3 is 20.8 Å². The SMILES string of the molecule is CCc1nnc(SCC(=O)N2CCNC(=O)[C@H]2CC(=O)OC)n1N. The summed E-state index contributed by atoms with van der Waals surface area (Å²) in [5.74, 6) is 5.32. The van der Waals surface area contributed by atoms with Crippen LogP contribution in [0.5, 0.6) is 0 Å². The fourth-order valence-electron chi connectivity index (χ4n) is 2.31. The third-order valence-corrected chi connectivity index (χ3v) is 4.54. The number of nitrogens with two attached hydrogens (primary N) is 1. The van der Waals surface area contributed by atoms with E-state index in [-0.39, 0.29) is 24.0 Å². The first kappa shape index (κ1) is 18.0. The number of aromatic nitrogens is 3. The van der Waals surface area contributed by atoms with Crippen molar-refractivity contribution in [2.75, 3.05) is 31.8 Å². The molecular formula is C13H20N6O4S. The third kappa shape index (κ3) is 3.96. The van der Waals surface area contributed by atoms with Crippen LogP contribution in [0.3, 0.4) is 0 Å². The van der Waals surface area contributed by atoms with Crippen molar-refractivity contribution in [1.29, 1.82) is 0 Å². The van der Waals surface area contributed by atoms with Crippen LogP contribution in [-0.2, 0) is 25.5 Å². The molecule has 1 aliphatic heterocycles. The number of esters is 1. The number of rotatable bonds is 6. The van der Waals surface area contributed by atoms with Crippen LogP contribution in [0.2, 0.25) is 0 Å². The second-order valence-electron chi connectivity index (χ2n) is 5.09. The Balaban J connectivity index is 2.01. The molecule has 24 heavy (non-hydrogen) atoms. The Labute approximate surface area is 143 Å². The van der Waals surface area contributed by atoms with Crippen LogP contribution in [0.4, 0.5) is 0 Å². The molecule has 1 saturated heterocycles. The van der Waals surface area contributed by atoms with E-state index < -0.39 is 12.0 Å². The molecule has 1 aromatic rings. The summed E-state index contributed by atoms with van der Waals surface area (Å²) in [6.07, 6.45) is 0.456. The summed E-state index contributed by atoms with van der Waals surface area (Å²) in [4.78, 5) is 37.3. The fraction of sp³-hybridized carbons (Fsp3) is 0.615. The number of nitrogen functional groups attached to an aromatic ring is 1. The standard InChI is InChI=1S/C13H20N6O4S/c1-3-9-16-17-13(19(9)14)24-7-10(20)18-5-4-15-12(22)8(18)6-11(21)23-2/h8H,3-7,14H2,1-2H3,(H,15,22)/t8-/m1/s1. The van der Waals surface area contributed by atoms with Crippen LogP contribution < -0.4 is 11.2 Å². The molecule has 2 heterocycles. The van der Waals surface area contributed by atoms with Crippen LogP contribution in [0, 0.1) is 0 Å². The first-order chi connectivity index (χ1) is 11.5. The molecule has 2 amide bonds. The van der Waals surface area contributed by atoms with Gasteiger partial charge in [0.1, 0.15) is 6.04 Å². The predicted octanol–water partition coefficient (Wildman–Crippen LogP) is -1.46. The van der Waals surface area contributed by atoms with Gasteiger partial charge in [0.25, 0.3) is 0 Å². The minimum absolute atomic E-state index is 0.0456. The maximum Gasteiger partial charge on any atom is 0.308 e. The molecule has 1 aliphatic rings. The zero-order valence-electron chi connectivity index (χ0n) is 13.5. The number of nitrogens with one attached hydrogen (secondary N) is 1. The molecule has 0 unspecified atom stereocenters. The number of hydrogen-bond acceptors (Lipinski definition) is 8. The summed E-state index contributed by atoms with van der Waals surface area (Å²) >= 11 is 1.14. The van der Waals surface area contributed by atoms with Gasteiger partial charge in [-0.25, -0.2) is 4.68 Å². The van der Waals surface area contributed by atoms with Gasteiger partial charge in [0.05, 0.1) is 19.3 Å². The number of aryl methyl sites for hydroxylation is 1. The molecule has 0 aliphatic carbocycles. The van der Waals surface area contributed by atoms with Crippen LogP contribution in [-0.4, -0.2) is 69.6 Å². The van der Waals surface area contributed by atoms with Gasteiger partial charge >= 0.3 is 5.97 Å². The van der Waals surface area contributed by atoms with Gasteiger partial charge in [0.15, 0.2) is 5.82 Å². The van der Waals surface area contributed by atoms with Gasteiger partial charge in [0, 0.05) is 19.5 Å². The van der Waals surface area contributed by atoms with E-state index >= 15 is 0 Å². The average molecular weight is 356 g/mol. The largest absolute Gasteiger partial charge is 0.469 e. The van der Waals surface area contributed by atoms with Gasteiger partial charge in [0.2, 0.25) is 17.0 Å². The van der Waals surface area contributed by atoms with Crippen molar-refractivity contribution in [2.45, 2.75) is 31.0 Å². The number of ether oxygens (including phenoxy) is 1. The second-order valence-corrected chi connectivity index (χ2v) is 6.03. The van der Waals surface area contributed by atoms with E-state index in [1.165, 1.54) is 16.7 Å². The van der Waals surface area contributed by atoms with Crippen molar-refractivity contribution in [3.05, 3.63) is 5.82 Å². The molecule has 0 spiro atoms. The number of piperazine rings is 1. The first-order valence-electron chi connectivity index (χ1n) is 7.44. The van der Waals surface area contributed by atoms with Gasteiger partial charge in [-0.05, 0) is 0 Å². The average Bonchev–Trinajstić information content (AvgIpc) is 2.94.